The average molecular weight is 375 g/mol. The van der Waals surface area contributed by atoms with E-state index in [1.807, 2.05) is 0 Å². The third-order valence-electron chi connectivity index (χ3n) is 3.21. The fraction of sp³-hybridized carbons (Fsp3) is 0.647. The zero-order chi connectivity index (χ0) is 14.5. The molecule has 114 valence electrons. The molecule has 0 bridgehead atoms. The summed E-state index contributed by atoms with van der Waals surface area (Å²) in [4.78, 5) is 0. The molecule has 3 heteroatoms. The number of rotatable bonds is 9. The number of hydrogen-bond donors (Lipinski definition) is 0. The van der Waals surface area contributed by atoms with E-state index in [0.29, 0.717) is 0 Å². The van der Waals surface area contributed by atoms with Crippen molar-refractivity contribution in [1.29, 1.82) is 0 Å². The molecule has 0 aromatic rings. The number of allylic oxidation sites excluding steroid dienone is 5. The quantitative estimate of drug-likeness (QED) is 0.193. The highest BCUT2D eigenvalue weighted by Gasteiger charge is 2.29. The Balaban J connectivity index is 2.46. The number of hydrogen-bond acceptors (Lipinski definition) is 2. The van der Waals surface area contributed by atoms with Gasteiger partial charge in [0.25, 0.3) is 0 Å². The molecular weight excluding hydrogens is 348 g/mol. The molecule has 0 atom stereocenters. The van der Waals surface area contributed by atoms with Gasteiger partial charge in [-0.2, -0.15) is 0 Å². The van der Waals surface area contributed by atoms with Crippen LogP contribution in [0.5, 0.6) is 0 Å². The van der Waals surface area contributed by atoms with Crippen molar-refractivity contribution in [2.24, 2.45) is 0 Å². The first-order chi connectivity index (χ1) is 9.83. The van der Waals surface area contributed by atoms with E-state index in [1.54, 1.807) is 0 Å². The highest BCUT2D eigenvalue weighted by Crippen LogP contribution is 2.46. The normalized spacial score (nSPS) is 19.5. The molecule has 1 fully saturated rings. The lowest BCUT2D eigenvalue weighted by molar-refractivity contribution is 0.727. The van der Waals surface area contributed by atoms with Crippen LogP contribution in [0.25, 0.3) is 0 Å². The van der Waals surface area contributed by atoms with Gasteiger partial charge in [0.2, 0.25) is 0 Å². The van der Waals surface area contributed by atoms with Crippen LogP contribution >= 0.6 is 39.5 Å². The van der Waals surface area contributed by atoms with Crippen molar-refractivity contribution in [3.05, 3.63) is 36.5 Å². The minimum Gasteiger partial charge on any atom is -0.140 e. The Morgan fingerprint density at radius 3 is 2.55 bits per heavy atom. The zero-order valence-electron chi connectivity index (χ0n) is 12.5. The summed E-state index contributed by atoms with van der Waals surface area (Å²) in [6.07, 6.45) is 21.5. The topological polar surface area (TPSA) is 0 Å². The van der Waals surface area contributed by atoms with Gasteiger partial charge in [0, 0.05) is 5.33 Å². The first-order valence-corrected chi connectivity index (χ1v) is 10.8. The summed E-state index contributed by atoms with van der Waals surface area (Å²) in [5.41, 5.74) is 0. The second kappa shape index (κ2) is 12.0. The lowest BCUT2D eigenvalue weighted by Gasteiger charge is -2.32. The van der Waals surface area contributed by atoms with Gasteiger partial charge in [0.1, 0.15) is 0 Å². The summed E-state index contributed by atoms with van der Waals surface area (Å²) in [6.45, 7) is 2.26. The second-order valence-electron chi connectivity index (χ2n) is 4.98. The van der Waals surface area contributed by atoms with Crippen LogP contribution in [0.1, 0.15) is 45.4 Å². The maximum absolute atomic E-state index is 3.42. The molecule has 0 nitrogen and oxygen atoms in total. The van der Waals surface area contributed by atoms with E-state index >= 15 is 0 Å². The van der Waals surface area contributed by atoms with E-state index < -0.39 is 0 Å². The van der Waals surface area contributed by atoms with Crippen LogP contribution in [0.4, 0.5) is 0 Å². The molecule has 1 aliphatic heterocycles. The molecule has 1 aliphatic rings. The Hall–Kier alpha value is 0.400. The Morgan fingerprint density at radius 1 is 1.05 bits per heavy atom. The number of thioether (sulfide) groups is 2. The van der Waals surface area contributed by atoms with Crippen molar-refractivity contribution in [2.75, 3.05) is 16.8 Å². The van der Waals surface area contributed by atoms with Gasteiger partial charge >= 0.3 is 0 Å². The molecule has 0 aromatic heterocycles. The summed E-state index contributed by atoms with van der Waals surface area (Å²) < 4.78 is 0.274. The smallest absolute Gasteiger partial charge is 0.0828 e. The Labute approximate surface area is 142 Å². The number of unbranched alkanes of at least 4 members (excludes halogenated alkanes) is 3. The summed E-state index contributed by atoms with van der Waals surface area (Å²) >= 11 is 7.65. The van der Waals surface area contributed by atoms with Crippen molar-refractivity contribution >= 4 is 39.5 Å². The Morgan fingerprint density at radius 2 is 1.85 bits per heavy atom. The maximum atomic E-state index is 3.42. The standard InChI is InChI=1S/C17H27BrS2/c1-2-3-4-5-6-8-12-17(13-9-7-10-14-18)19-15-11-16-20-17/h6-10,13H,2-5,11-12,14-16H2,1H3/b8-6-,10-7+,13-9+. The largest absolute Gasteiger partial charge is 0.140 e. The molecule has 0 aliphatic carbocycles. The van der Waals surface area contributed by atoms with E-state index in [0.717, 1.165) is 11.8 Å². The van der Waals surface area contributed by atoms with Gasteiger partial charge in [-0.25, -0.2) is 0 Å². The summed E-state index contributed by atoms with van der Waals surface area (Å²) in [5.74, 6) is 2.59. The van der Waals surface area contributed by atoms with Crippen LogP contribution in [0.3, 0.4) is 0 Å². The molecule has 0 amide bonds. The molecule has 0 aromatic carbocycles. The maximum Gasteiger partial charge on any atom is 0.0828 e. The monoisotopic (exact) mass is 374 g/mol. The molecule has 1 heterocycles. The Kier molecular flexibility index (Phi) is 11.1. The molecule has 0 saturated carbocycles. The third kappa shape index (κ3) is 7.99. The predicted octanol–water partition coefficient (Wildman–Crippen LogP) is 6.59. The van der Waals surface area contributed by atoms with Gasteiger partial charge in [-0.1, -0.05) is 72.2 Å². The second-order valence-corrected chi connectivity index (χ2v) is 8.73. The summed E-state index contributed by atoms with van der Waals surface area (Å²) in [6, 6.07) is 0. The SMILES string of the molecule is CCCCC/C=C\CC1(/C=C/C=C/CBr)SCCCS1. The fourth-order valence-corrected chi connectivity index (χ4v) is 5.36. The number of alkyl halides is 1. The highest BCUT2D eigenvalue weighted by molar-refractivity contribution is 9.09. The first kappa shape index (κ1) is 18.4. The van der Waals surface area contributed by atoms with Gasteiger partial charge in [0.15, 0.2) is 0 Å². The summed E-state index contributed by atoms with van der Waals surface area (Å²) in [7, 11) is 0. The van der Waals surface area contributed by atoms with E-state index in [-0.39, 0.29) is 4.08 Å². The van der Waals surface area contributed by atoms with Gasteiger partial charge in [-0.3, -0.25) is 0 Å². The first-order valence-electron chi connectivity index (χ1n) is 7.66. The molecule has 1 rings (SSSR count). The van der Waals surface area contributed by atoms with E-state index in [1.165, 1.54) is 43.6 Å². The third-order valence-corrected chi connectivity index (χ3v) is 6.86. The van der Waals surface area contributed by atoms with Gasteiger partial charge in [-0.15, -0.1) is 23.5 Å². The molecule has 1 saturated heterocycles. The lowest BCUT2D eigenvalue weighted by atomic mass is 10.2. The van der Waals surface area contributed by atoms with Crippen molar-refractivity contribution in [2.45, 2.75) is 49.5 Å². The van der Waals surface area contributed by atoms with Gasteiger partial charge in [0.05, 0.1) is 4.08 Å². The molecule has 0 unspecified atom stereocenters. The predicted molar refractivity (Wildman–Crippen MR) is 102 cm³/mol. The molecular formula is C17H27BrS2. The minimum absolute atomic E-state index is 0.274. The van der Waals surface area contributed by atoms with Crippen molar-refractivity contribution in [1.82, 2.24) is 0 Å². The van der Waals surface area contributed by atoms with E-state index in [9.17, 15) is 0 Å². The van der Waals surface area contributed by atoms with Crippen LogP contribution in [0, 0.1) is 0 Å². The molecule has 0 radical (unpaired) electrons. The van der Waals surface area contributed by atoms with Crippen LogP contribution in [0.2, 0.25) is 0 Å². The van der Waals surface area contributed by atoms with Crippen LogP contribution in [-0.2, 0) is 0 Å². The van der Waals surface area contributed by atoms with E-state index in [4.69, 9.17) is 0 Å². The van der Waals surface area contributed by atoms with Crippen molar-refractivity contribution in [3.8, 4) is 0 Å². The molecule has 0 spiro atoms. The number of halogens is 1. The fourth-order valence-electron chi connectivity index (χ4n) is 2.08. The Bertz CT molecular complexity index is 315. The minimum atomic E-state index is 0.274. The van der Waals surface area contributed by atoms with Crippen LogP contribution < -0.4 is 0 Å². The lowest BCUT2D eigenvalue weighted by Crippen LogP contribution is -2.21. The molecule has 20 heavy (non-hydrogen) atoms. The van der Waals surface area contributed by atoms with Gasteiger partial charge < -0.3 is 0 Å². The van der Waals surface area contributed by atoms with Gasteiger partial charge in [-0.05, 0) is 37.2 Å². The van der Waals surface area contributed by atoms with Crippen LogP contribution in [-0.4, -0.2) is 20.9 Å². The average Bonchev–Trinajstić information content (AvgIpc) is 2.48. The van der Waals surface area contributed by atoms with Crippen molar-refractivity contribution in [3.63, 3.8) is 0 Å². The highest BCUT2D eigenvalue weighted by atomic mass is 79.9. The summed E-state index contributed by atoms with van der Waals surface area (Å²) in [5, 5.41) is 0.932. The van der Waals surface area contributed by atoms with Crippen molar-refractivity contribution < 1.29 is 0 Å². The van der Waals surface area contributed by atoms with Crippen LogP contribution in [0.15, 0.2) is 36.5 Å². The van der Waals surface area contributed by atoms with E-state index in [2.05, 4.69) is 82.8 Å². The zero-order valence-corrected chi connectivity index (χ0v) is 15.7. The molecule has 0 N–H and O–H groups in total.